The zero-order valence-corrected chi connectivity index (χ0v) is 16.6. The molecule has 0 radical (unpaired) electrons. The molecule has 0 spiro atoms. The quantitative estimate of drug-likeness (QED) is 0.510. The van der Waals surface area contributed by atoms with Crippen molar-refractivity contribution in [2.45, 2.75) is 6.54 Å². The second-order valence-corrected chi connectivity index (χ2v) is 7.81. The van der Waals surface area contributed by atoms with Gasteiger partial charge in [-0.05, 0) is 17.7 Å². The number of anilines is 1. The van der Waals surface area contributed by atoms with E-state index < -0.39 is 0 Å². The summed E-state index contributed by atoms with van der Waals surface area (Å²) in [6.07, 6.45) is 1.66. The third-order valence-corrected chi connectivity index (χ3v) is 5.81. The Kier molecular flexibility index (Phi) is 4.55. The number of hydrogen-bond acceptors (Lipinski definition) is 5. The molecular weight excluding hydrogens is 395 g/mol. The van der Waals surface area contributed by atoms with Crippen molar-refractivity contribution in [3.8, 4) is 0 Å². The van der Waals surface area contributed by atoms with Gasteiger partial charge in [0.05, 0.1) is 0 Å². The average Bonchev–Trinajstić information content (AvgIpc) is 3.19. The smallest absolute Gasteiger partial charge is 0.185 e. The summed E-state index contributed by atoms with van der Waals surface area (Å²) in [4.78, 5) is 4.74. The van der Waals surface area contributed by atoms with Gasteiger partial charge in [0.15, 0.2) is 11.5 Å². The van der Waals surface area contributed by atoms with Crippen molar-refractivity contribution in [2.24, 2.45) is 0 Å². The van der Waals surface area contributed by atoms with Gasteiger partial charge in [0.1, 0.15) is 6.33 Å². The predicted molar refractivity (Wildman–Crippen MR) is 112 cm³/mol. The molecule has 0 N–H and O–H groups in total. The molecule has 142 valence electrons. The van der Waals surface area contributed by atoms with E-state index in [0.29, 0.717) is 5.02 Å². The third kappa shape index (κ3) is 3.17. The zero-order chi connectivity index (χ0) is 19.1. The number of halogens is 2. The molecule has 0 bridgehead atoms. The summed E-state index contributed by atoms with van der Waals surface area (Å²) < 4.78 is 1.76. The van der Waals surface area contributed by atoms with Gasteiger partial charge in [-0.3, -0.25) is 4.90 Å². The lowest BCUT2D eigenvalue weighted by molar-refractivity contribution is 0.249. The Labute approximate surface area is 172 Å². The lowest BCUT2D eigenvalue weighted by atomic mass is 10.1. The third-order valence-electron chi connectivity index (χ3n) is 5.22. The fourth-order valence-electron chi connectivity index (χ4n) is 3.75. The van der Waals surface area contributed by atoms with Gasteiger partial charge in [-0.25, -0.2) is 0 Å². The zero-order valence-electron chi connectivity index (χ0n) is 15.1. The van der Waals surface area contributed by atoms with Crippen LogP contribution in [-0.4, -0.2) is 50.9 Å². The number of nitrogens with zero attached hydrogens (tertiary/aromatic N) is 6. The van der Waals surface area contributed by atoms with E-state index in [1.165, 1.54) is 0 Å². The molecule has 2 aromatic heterocycles. The van der Waals surface area contributed by atoms with Gasteiger partial charge in [0.25, 0.3) is 0 Å². The van der Waals surface area contributed by atoms with Crippen molar-refractivity contribution in [2.75, 3.05) is 31.1 Å². The highest BCUT2D eigenvalue weighted by molar-refractivity contribution is 6.35. The minimum absolute atomic E-state index is 0.668. The van der Waals surface area contributed by atoms with Crippen LogP contribution in [0.15, 0.2) is 48.8 Å². The second kappa shape index (κ2) is 7.20. The second-order valence-electron chi connectivity index (χ2n) is 6.97. The number of rotatable bonds is 3. The molecule has 0 amide bonds. The van der Waals surface area contributed by atoms with E-state index >= 15 is 0 Å². The lowest BCUT2D eigenvalue weighted by Crippen LogP contribution is -2.46. The first-order valence-corrected chi connectivity index (χ1v) is 9.94. The van der Waals surface area contributed by atoms with Gasteiger partial charge in [-0.1, -0.05) is 53.5 Å². The Morgan fingerprint density at radius 3 is 2.50 bits per heavy atom. The molecule has 0 aliphatic carbocycles. The SMILES string of the molecule is Clc1ccc(CN2CCN(c3nn4cnnc4c4ccccc34)CC2)c(Cl)c1. The van der Waals surface area contributed by atoms with Gasteiger partial charge in [0.2, 0.25) is 0 Å². The van der Waals surface area contributed by atoms with Gasteiger partial charge in [-0.15, -0.1) is 15.3 Å². The molecule has 5 rings (SSSR count). The van der Waals surface area contributed by atoms with Crippen LogP contribution in [0.3, 0.4) is 0 Å². The maximum Gasteiger partial charge on any atom is 0.185 e. The molecule has 1 fully saturated rings. The summed E-state index contributed by atoms with van der Waals surface area (Å²) in [5, 5.41) is 16.6. The summed E-state index contributed by atoms with van der Waals surface area (Å²) in [6.45, 7) is 4.50. The number of hydrogen-bond donors (Lipinski definition) is 0. The van der Waals surface area contributed by atoms with Crippen LogP contribution in [0, 0.1) is 0 Å². The summed E-state index contributed by atoms with van der Waals surface area (Å²) in [5.74, 6) is 0.979. The van der Waals surface area contributed by atoms with E-state index in [1.807, 2.05) is 24.3 Å². The van der Waals surface area contributed by atoms with Crippen LogP contribution in [0.5, 0.6) is 0 Å². The molecule has 1 aliphatic heterocycles. The highest BCUT2D eigenvalue weighted by Crippen LogP contribution is 2.28. The van der Waals surface area contributed by atoms with E-state index in [-0.39, 0.29) is 0 Å². The summed E-state index contributed by atoms with van der Waals surface area (Å²) >= 11 is 12.3. The summed E-state index contributed by atoms with van der Waals surface area (Å²) in [5.41, 5.74) is 1.89. The van der Waals surface area contributed by atoms with Gasteiger partial charge in [0, 0.05) is 53.5 Å². The average molecular weight is 413 g/mol. The Balaban J connectivity index is 1.38. The molecule has 28 heavy (non-hydrogen) atoms. The Morgan fingerprint density at radius 2 is 1.71 bits per heavy atom. The molecule has 8 heteroatoms. The molecule has 1 saturated heterocycles. The van der Waals surface area contributed by atoms with Crippen LogP contribution in [0.25, 0.3) is 16.4 Å². The van der Waals surface area contributed by atoms with E-state index in [2.05, 4.69) is 32.1 Å². The lowest BCUT2D eigenvalue weighted by Gasteiger charge is -2.35. The number of aromatic nitrogens is 4. The Bertz CT molecular complexity index is 1150. The van der Waals surface area contributed by atoms with Crippen molar-refractivity contribution in [3.05, 3.63) is 64.4 Å². The van der Waals surface area contributed by atoms with Crippen molar-refractivity contribution >= 4 is 45.4 Å². The molecule has 2 aromatic carbocycles. The van der Waals surface area contributed by atoms with Crippen LogP contribution in [0.1, 0.15) is 5.56 Å². The van der Waals surface area contributed by atoms with Gasteiger partial charge < -0.3 is 4.90 Å². The largest absolute Gasteiger partial charge is 0.352 e. The molecule has 0 atom stereocenters. The van der Waals surface area contributed by atoms with Crippen molar-refractivity contribution < 1.29 is 0 Å². The van der Waals surface area contributed by atoms with Crippen molar-refractivity contribution in [3.63, 3.8) is 0 Å². The summed E-state index contributed by atoms with van der Waals surface area (Å²) in [7, 11) is 0. The van der Waals surface area contributed by atoms with Gasteiger partial charge >= 0.3 is 0 Å². The van der Waals surface area contributed by atoms with Crippen LogP contribution in [0.2, 0.25) is 10.0 Å². The number of piperazine rings is 1. The highest BCUT2D eigenvalue weighted by atomic mass is 35.5. The monoisotopic (exact) mass is 412 g/mol. The van der Waals surface area contributed by atoms with Crippen LogP contribution < -0.4 is 4.90 Å². The van der Waals surface area contributed by atoms with Crippen LogP contribution in [0.4, 0.5) is 5.82 Å². The highest BCUT2D eigenvalue weighted by Gasteiger charge is 2.22. The fourth-order valence-corrected chi connectivity index (χ4v) is 4.22. The first-order chi connectivity index (χ1) is 13.7. The normalized spacial score (nSPS) is 15.6. The number of fused-ring (bicyclic) bond motifs is 3. The maximum atomic E-state index is 6.34. The molecule has 4 aromatic rings. The van der Waals surface area contributed by atoms with E-state index in [9.17, 15) is 0 Å². The molecule has 1 aliphatic rings. The minimum atomic E-state index is 0.668. The topological polar surface area (TPSA) is 49.6 Å². The van der Waals surface area contributed by atoms with Crippen LogP contribution >= 0.6 is 23.2 Å². The van der Waals surface area contributed by atoms with Crippen molar-refractivity contribution in [1.82, 2.24) is 24.7 Å². The standard InChI is InChI=1S/C20H18Cl2N6/c21-15-6-5-14(18(22)11-15)12-26-7-9-27(10-8-26)20-17-4-2-1-3-16(17)19-24-23-13-28(19)25-20/h1-6,11,13H,7-10,12H2. The first kappa shape index (κ1) is 17.7. The first-order valence-electron chi connectivity index (χ1n) is 9.19. The molecular formula is C20H18Cl2N6. The fraction of sp³-hybridized carbons (Fsp3) is 0.250. The molecule has 0 saturated carbocycles. The Morgan fingerprint density at radius 1 is 0.929 bits per heavy atom. The predicted octanol–water partition coefficient (Wildman–Crippen LogP) is 3.91. The maximum absolute atomic E-state index is 6.34. The molecule has 3 heterocycles. The van der Waals surface area contributed by atoms with E-state index in [0.717, 1.165) is 65.5 Å². The van der Waals surface area contributed by atoms with Crippen LogP contribution in [-0.2, 0) is 6.54 Å². The summed E-state index contributed by atoms with van der Waals surface area (Å²) in [6, 6.07) is 13.9. The number of benzene rings is 2. The minimum Gasteiger partial charge on any atom is -0.352 e. The van der Waals surface area contributed by atoms with Crippen molar-refractivity contribution in [1.29, 1.82) is 0 Å². The molecule has 6 nitrogen and oxygen atoms in total. The Hall–Kier alpha value is -2.41. The van der Waals surface area contributed by atoms with E-state index in [1.54, 1.807) is 16.9 Å². The van der Waals surface area contributed by atoms with E-state index in [4.69, 9.17) is 28.3 Å². The van der Waals surface area contributed by atoms with Gasteiger partial charge in [-0.2, -0.15) is 4.52 Å². The molecule has 0 unspecified atom stereocenters.